The highest BCUT2D eigenvalue weighted by molar-refractivity contribution is 7.16. The molecule has 3 rings (SSSR count). The van der Waals surface area contributed by atoms with Crippen LogP contribution in [-0.2, 0) is 17.6 Å². The summed E-state index contributed by atoms with van der Waals surface area (Å²) in [4.78, 5) is 13.6. The van der Waals surface area contributed by atoms with Gasteiger partial charge in [0.05, 0.1) is 5.00 Å². The Morgan fingerprint density at radius 1 is 1.38 bits per heavy atom. The van der Waals surface area contributed by atoms with Gasteiger partial charge in [-0.3, -0.25) is 4.79 Å². The molecular weight excluding hydrogens is 304 g/mol. The van der Waals surface area contributed by atoms with Crippen molar-refractivity contribution in [3.63, 3.8) is 0 Å². The van der Waals surface area contributed by atoms with E-state index in [-0.39, 0.29) is 18.3 Å². The van der Waals surface area contributed by atoms with Crippen LogP contribution in [0.3, 0.4) is 0 Å². The molecule has 0 aromatic carbocycles. The molecule has 0 radical (unpaired) electrons. The second kappa shape index (κ2) is 7.61. The van der Waals surface area contributed by atoms with E-state index in [0.29, 0.717) is 12.3 Å². The lowest BCUT2D eigenvalue weighted by atomic mass is 9.96. The minimum Gasteiger partial charge on any atom is -0.317 e. The van der Waals surface area contributed by atoms with Crippen molar-refractivity contribution in [2.45, 2.75) is 51.9 Å². The second-order valence-corrected chi connectivity index (χ2v) is 7.22. The molecule has 2 N–H and O–H groups in total. The van der Waals surface area contributed by atoms with E-state index in [4.69, 9.17) is 0 Å². The summed E-state index contributed by atoms with van der Waals surface area (Å²) in [5, 5.41) is 7.61. The van der Waals surface area contributed by atoms with Crippen LogP contribution >= 0.6 is 23.7 Å². The first-order valence-electron chi connectivity index (χ1n) is 7.85. The quantitative estimate of drug-likeness (QED) is 0.885. The Kier molecular flexibility index (Phi) is 6.08. The van der Waals surface area contributed by atoms with Crippen molar-refractivity contribution in [2.24, 2.45) is 5.92 Å². The summed E-state index contributed by atoms with van der Waals surface area (Å²) in [6.07, 6.45) is 7.89. The van der Waals surface area contributed by atoms with E-state index in [0.717, 1.165) is 24.5 Å². The van der Waals surface area contributed by atoms with Gasteiger partial charge in [0.2, 0.25) is 5.91 Å². The third kappa shape index (κ3) is 3.99. The van der Waals surface area contributed by atoms with Crippen molar-refractivity contribution < 1.29 is 4.79 Å². The molecule has 0 spiro atoms. The maximum Gasteiger partial charge on any atom is 0.224 e. The zero-order valence-electron chi connectivity index (χ0n) is 12.7. The molecule has 118 valence electrons. The van der Waals surface area contributed by atoms with Crippen LogP contribution in [0, 0.1) is 12.8 Å². The Hall–Kier alpha value is -0.580. The molecule has 2 heterocycles. The van der Waals surface area contributed by atoms with Crippen LogP contribution in [0.5, 0.6) is 0 Å². The topological polar surface area (TPSA) is 41.1 Å². The van der Waals surface area contributed by atoms with Crippen LogP contribution in [0.1, 0.15) is 48.1 Å². The third-order valence-electron chi connectivity index (χ3n) is 4.63. The summed E-state index contributed by atoms with van der Waals surface area (Å²) < 4.78 is 0. The number of amides is 1. The van der Waals surface area contributed by atoms with Gasteiger partial charge < -0.3 is 10.6 Å². The standard InChI is InChI=1S/C16H24N2OS.ClH/c1-11-13-4-2-3-5-14(13)20-16(11)18-15(19)7-6-12-8-9-17-10-12;/h12,17H,2-10H2,1H3,(H,18,19);1H. The van der Waals surface area contributed by atoms with Gasteiger partial charge in [0.1, 0.15) is 0 Å². The first-order valence-corrected chi connectivity index (χ1v) is 8.67. The van der Waals surface area contributed by atoms with Crippen molar-refractivity contribution in [3.8, 4) is 0 Å². The number of fused-ring (bicyclic) bond motifs is 1. The van der Waals surface area contributed by atoms with Gasteiger partial charge in [-0.25, -0.2) is 0 Å². The summed E-state index contributed by atoms with van der Waals surface area (Å²) >= 11 is 1.80. The highest BCUT2D eigenvalue weighted by atomic mass is 35.5. The number of halogens is 1. The molecule has 5 heteroatoms. The molecule has 3 nitrogen and oxygen atoms in total. The van der Waals surface area contributed by atoms with Gasteiger partial charge in [-0.2, -0.15) is 0 Å². The SMILES string of the molecule is Cc1c(NC(=O)CCC2CCNC2)sc2c1CCCC2.Cl. The fourth-order valence-electron chi connectivity index (χ4n) is 3.33. The lowest BCUT2D eigenvalue weighted by Crippen LogP contribution is -2.14. The molecule has 1 aliphatic carbocycles. The second-order valence-electron chi connectivity index (χ2n) is 6.11. The van der Waals surface area contributed by atoms with Gasteiger partial charge >= 0.3 is 0 Å². The maximum absolute atomic E-state index is 12.1. The lowest BCUT2D eigenvalue weighted by Gasteiger charge is -2.10. The van der Waals surface area contributed by atoms with Crippen molar-refractivity contribution >= 4 is 34.7 Å². The average molecular weight is 329 g/mol. The highest BCUT2D eigenvalue weighted by Crippen LogP contribution is 2.37. The average Bonchev–Trinajstić information content (AvgIpc) is 3.07. The van der Waals surface area contributed by atoms with Crippen molar-refractivity contribution in [3.05, 3.63) is 16.0 Å². The van der Waals surface area contributed by atoms with Gasteiger partial charge in [-0.1, -0.05) is 0 Å². The minimum atomic E-state index is 0. The Bertz CT molecular complexity index is 495. The summed E-state index contributed by atoms with van der Waals surface area (Å²) in [5.41, 5.74) is 2.83. The van der Waals surface area contributed by atoms with Gasteiger partial charge in [0.25, 0.3) is 0 Å². The van der Waals surface area contributed by atoms with Crippen LogP contribution in [0.25, 0.3) is 0 Å². The fourth-order valence-corrected chi connectivity index (χ4v) is 4.64. The normalized spacial score (nSPS) is 20.7. The molecule has 1 atom stereocenters. The van der Waals surface area contributed by atoms with Crippen LogP contribution in [0.4, 0.5) is 5.00 Å². The number of rotatable bonds is 4. The predicted molar refractivity (Wildman–Crippen MR) is 91.8 cm³/mol. The molecule has 1 unspecified atom stereocenters. The molecule has 1 aliphatic heterocycles. The van der Waals surface area contributed by atoms with E-state index in [1.54, 1.807) is 11.3 Å². The molecule has 1 amide bonds. The Morgan fingerprint density at radius 3 is 2.90 bits per heavy atom. The number of hydrogen-bond acceptors (Lipinski definition) is 3. The summed E-state index contributed by atoms with van der Waals surface area (Å²) in [5.74, 6) is 0.886. The van der Waals surface area contributed by atoms with E-state index in [9.17, 15) is 4.79 Å². The van der Waals surface area contributed by atoms with Crippen LogP contribution in [-0.4, -0.2) is 19.0 Å². The number of carbonyl (C=O) groups is 1. The smallest absolute Gasteiger partial charge is 0.224 e. The van der Waals surface area contributed by atoms with Gasteiger partial charge in [0.15, 0.2) is 0 Å². The maximum atomic E-state index is 12.1. The highest BCUT2D eigenvalue weighted by Gasteiger charge is 2.20. The largest absolute Gasteiger partial charge is 0.317 e. The van der Waals surface area contributed by atoms with E-state index in [2.05, 4.69) is 17.6 Å². The number of aryl methyl sites for hydroxylation is 1. The van der Waals surface area contributed by atoms with Crippen molar-refractivity contribution in [2.75, 3.05) is 18.4 Å². The van der Waals surface area contributed by atoms with Gasteiger partial charge in [0, 0.05) is 11.3 Å². The number of anilines is 1. The molecule has 0 saturated carbocycles. The zero-order chi connectivity index (χ0) is 13.9. The molecule has 1 aromatic rings. The van der Waals surface area contributed by atoms with Crippen LogP contribution in [0.15, 0.2) is 0 Å². The van der Waals surface area contributed by atoms with Crippen molar-refractivity contribution in [1.82, 2.24) is 5.32 Å². The van der Waals surface area contributed by atoms with Crippen molar-refractivity contribution in [1.29, 1.82) is 0 Å². The van der Waals surface area contributed by atoms with Crippen LogP contribution < -0.4 is 10.6 Å². The first-order chi connectivity index (χ1) is 9.74. The Balaban J connectivity index is 0.00000161. The predicted octanol–water partition coefficient (Wildman–Crippen LogP) is 3.69. The Labute approximate surface area is 137 Å². The molecule has 21 heavy (non-hydrogen) atoms. The molecule has 0 bridgehead atoms. The molecular formula is C16H25ClN2OS. The van der Waals surface area contributed by atoms with E-state index in [1.807, 2.05) is 0 Å². The van der Waals surface area contributed by atoms with Crippen LogP contribution in [0.2, 0.25) is 0 Å². The summed E-state index contributed by atoms with van der Waals surface area (Å²) in [7, 11) is 0. The van der Waals surface area contributed by atoms with Gasteiger partial charge in [-0.15, -0.1) is 23.7 Å². The monoisotopic (exact) mass is 328 g/mol. The third-order valence-corrected chi connectivity index (χ3v) is 5.94. The minimum absolute atomic E-state index is 0. The van der Waals surface area contributed by atoms with E-state index >= 15 is 0 Å². The summed E-state index contributed by atoms with van der Waals surface area (Å²) in [6, 6.07) is 0. The molecule has 1 aromatic heterocycles. The zero-order valence-corrected chi connectivity index (χ0v) is 14.3. The number of carbonyl (C=O) groups excluding carboxylic acids is 1. The molecule has 1 fully saturated rings. The molecule has 2 aliphatic rings. The first kappa shape index (κ1) is 16.8. The van der Waals surface area contributed by atoms with E-state index in [1.165, 1.54) is 48.1 Å². The fraction of sp³-hybridized carbons (Fsp3) is 0.688. The molecule has 1 saturated heterocycles. The Morgan fingerprint density at radius 2 is 2.19 bits per heavy atom. The number of hydrogen-bond donors (Lipinski definition) is 2. The number of thiophene rings is 1. The summed E-state index contributed by atoms with van der Waals surface area (Å²) in [6.45, 7) is 4.36. The van der Waals surface area contributed by atoms with E-state index < -0.39 is 0 Å². The van der Waals surface area contributed by atoms with Gasteiger partial charge in [-0.05, 0) is 75.6 Å². The number of nitrogens with one attached hydrogen (secondary N) is 2. The lowest BCUT2D eigenvalue weighted by molar-refractivity contribution is -0.116.